The zero-order chi connectivity index (χ0) is 16.1. The Kier molecular flexibility index (Phi) is 5.57. The molecule has 0 fully saturated rings. The average Bonchev–Trinajstić information content (AvgIpc) is 2.53. The summed E-state index contributed by atoms with van der Waals surface area (Å²) in [6, 6.07) is 9.09. The third-order valence-corrected chi connectivity index (χ3v) is 4.10. The van der Waals surface area contributed by atoms with E-state index in [4.69, 9.17) is 21.1 Å². The second kappa shape index (κ2) is 7.42. The van der Waals surface area contributed by atoms with Gasteiger partial charge in [-0.25, -0.2) is 4.21 Å². The zero-order valence-corrected chi connectivity index (χ0v) is 14.0. The van der Waals surface area contributed by atoms with Gasteiger partial charge in [0.2, 0.25) is 0 Å². The quantitative estimate of drug-likeness (QED) is 0.807. The average molecular weight is 342 g/mol. The third kappa shape index (κ3) is 3.86. The largest absolute Gasteiger partial charge is 0.497 e. The van der Waals surface area contributed by atoms with Gasteiger partial charge in [-0.3, -0.25) is 4.31 Å². The monoisotopic (exact) mass is 341 g/mol. The lowest BCUT2D eigenvalue weighted by Crippen LogP contribution is -2.25. The number of anilines is 1. The van der Waals surface area contributed by atoms with Crippen molar-refractivity contribution in [3.8, 4) is 11.6 Å². The molecule has 118 valence electrons. The molecule has 0 saturated carbocycles. The van der Waals surface area contributed by atoms with Gasteiger partial charge in [0.1, 0.15) is 22.4 Å². The van der Waals surface area contributed by atoms with Crippen molar-refractivity contribution >= 4 is 28.3 Å². The van der Waals surface area contributed by atoms with Crippen molar-refractivity contribution in [2.24, 2.45) is 0 Å². The van der Waals surface area contributed by atoms with Gasteiger partial charge in [0.25, 0.3) is 5.88 Å². The van der Waals surface area contributed by atoms with E-state index in [2.05, 4.69) is 10.2 Å². The molecule has 22 heavy (non-hydrogen) atoms. The van der Waals surface area contributed by atoms with Crippen LogP contribution in [0.2, 0.25) is 5.15 Å². The molecule has 0 aliphatic carbocycles. The fourth-order valence-corrected chi connectivity index (χ4v) is 2.76. The second-order valence-corrected chi connectivity index (χ2v) is 6.05. The Morgan fingerprint density at radius 1 is 1.18 bits per heavy atom. The van der Waals surface area contributed by atoms with E-state index in [0.29, 0.717) is 12.2 Å². The minimum absolute atomic E-state index is 0.209. The molecule has 0 bridgehead atoms. The summed E-state index contributed by atoms with van der Waals surface area (Å²) in [7, 11) is 1.80. The molecule has 0 radical (unpaired) electrons. The minimum atomic E-state index is -1.29. The Balaban J connectivity index is 2.34. The highest BCUT2D eigenvalue weighted by Crippen LogP contribution is 2.29. The van der Waals surface area contributed by atoms with Crippen molar-refractivity contribution in [3.63, 3.8) is 0 Å². The third-order valence-electron chi connectivity index (χ3n) is 2.97. The SMILES string of the molecule is COc1ccc(CN(c2cc(Cl)nnc2OC)S(C)=O)cc1. The Morgan fingerprint density at radius 3 is 2.41 bits per heavy atom. The molecule has 6 nitrogen and oxygen atoms in total. The van der Waals surface area contributed by atoms with Crippen LogP contribution in [0.1, 0.15) is 5.56 Å². The molecule has 1 heterocycles. The van der Waals surface area contributed by atoms with Gasteiger partial charge in [0, 0.05) is 12.3 Å². The van der Waals surface area contributed by atoms with Crippen molar-refractivity contribution in [2.45, 2.75) is 6.54 Å². The fraction of sp³-hybridized carbons (Fsp3) is 0.286. The van der Waals surface area contributed by atoms with Crippen LogP contribution in [0.15, 0.2) is 30.3 Å². The second-order valence-electron chi connectivity index (χ2n) is 4.37. The van der Waals surface area contributed by atoms with E-state index >= 15 is 0 Å². The van der Waals surface area contributed by atoms with Crippen molar-refractivity contribution in [2.75, 3.05) is 24.8 Å². The van der Waals surface area contributed by atoms with E-state index in [9.17, 15) is 4.21 Å². The zero-order valence-electron chi connectivity index (χ0n) is 12.4. The summed E-state index contributed by atoms with van der Waals surface area (Å²) in [6.45, 7) is 0.408. The summed E-state index contributed by atoms with van der Waals surface area (Å²) in [6.07, 6.45) is 1.58. The van der Waals surface area contributed by atoms with Gasteiger partial charge >= 0.3 is 0 Å². The van der Waals surface area contributed by atoms with Crippen LogP contribution >= 0.6 is 11.6 Å². The van der Waals surface area contributed by atoms with Crippen LogP contribution in [0.3, 0.4) is 0 Å². The molecule has 0 N–H and O–H groups in total. The van der Waals surface area contributed by atoms with Crippen molar-refractivity contribution in [1.29, 1.82) is 0 Å². The first-order valence-electron chi connectivity index (χ1n) is 6.36. The molecule has 2 rings (SSSR count). The highest BCUT2D eigenvalue weighted by Gasteiger charge is 2.18. The fourth-order valence-electron chi connectivity index (χ4n) is 1.88. The predicted octanol–water partition coefficient (Wildman–Crippen LogP) is 2.45. The van der Waals surface area contributed by atoms with Crippen LogP contribution < -0.4 is 13.8 Å². The molecule has 0 aliphatic rings. The summed E-state index contributed by atoms with van der Waals surface area (Å²) < 4.78 is 24.1. The minimum Gasteiger partial charge on any atom is -0.497 e. The Morgan fingerprint density at radius 2 is 1.86 bits per heavy atom. The van der Waals surface area contributed by atoms with Gasteiger partial charge in [-0.1, -0.05) is 23.7 Å². The van der Waals surface area contributed by atoms with E-state index < -0.39 is 11.0 Å². The van der Waals surface area contributed by atoms with Gasteiger partial charge in [-0.05, 0) is 17.7 Å². The number of benzene rings is 1. The molecule has 0 aliphatic heterocycles. The molecule has 0 spiro atoms. The smallest absolute Gasteiger partial charge is 0.258 e. The molecule has 2 aromatic rings. The molecule has 0 saturated heterocycles. The van der Waals surface area contributed by atoms with E-state index in [0.717, 1.165) is 11.3 Å². The van der Waals surface area contributed by atoms with Crippen molar-refractivity contribution < 1.29 is 13.7 Å². The van der Waals surface area contributed by atoms with E-state index in [1.54, 1.807) is 23.7 Å². The lowest BCUT2D eigenvalue weighted by atomic mass is 10.2. The summed E-state index contributed by atoms with van der Waals surface area (Å²) in [5, 5.41) is 7.81. The predicted molar refractivity (Wildman–Crippen MR) is 86.8 cm³/mol. The standard InChI is InChI=1S/C14H16ClN3O3S/c1-20-11-6-4-10(5-7-11)9-18(22(3)19)12-8-13(15)16-17-14(12)21-2/h4-8H,9H2,1-3H3. The number of hydrogen-bond donors (Lipinski definition) is 0. The summed E-state index contributed by atoms with van der Waals surface area (Å²) in [5.74, 6) is 1.03. The molecular formula is C14H16ClN3O3S. The molecule has 1 aromatic heterocycles. The van der Waals surface area contributed by atoms with E-state index in [-0.39, 0.29) is 11.0 Å². The summed E-state index contributed by atoms with van der Waals surface area (Å²) in [4.78, 5) is 0. The van der Waals surface area contributed by atoms with Crippen molar-refractivity contribution in [3.05, 3.63) is 41.0 Å². The number of aromatic nitrogens is 2. The molecular weight excluding hydrogens is 326 g/mol. The first-order chi connectivity index (χ1) is 10.5. The summed E-state index contributed by atoms with van der Waals surface area (Å²) in [5.41, 5.74) is 1.49. The number of ether oxygens (including phenoxy) is 2. The van der Waals surface area contributed by atoms with Gasteiger partial charge in [-0.15, -0.1) is 10.2 Å². The van der Waals surface area contributed by atoms with Crippen LogP contribution in [0.5, 0.6) is 11.6 Å². The number of methoxy groups -OCH3 is 2. The maximum atomic E-state index is 12.1. The molecule has 1 aromatic carbocycles. The van der Waals surface area contributed by atoms with Gasteiger partial charge < -0.3 is 9.47 Å². The first-order valence-corrected chi connectivity index (χ1v) is 8.25. The number of nitrogens with zero attached hydrogens (tertiary/aromatic N) is 3. The molecule has 1 atom stereocenters. The maximum absolute atomic E-state index is 12.1. The highest BCUT2D eigenvalue weighted by atomic mass is 35.5. The van der Waals surface area contributed by atoms with Gasteiger partial charge in [0.05, 0.1) is 20.8 Å². The first kappa shape index (κ1) is 16.5. The van der Waals surface area contributed by atoms with Gasteiger partial charge in [0.15, 0.2) is 5.15 Å². The topological polar surface area (TPSA) is 64.6 Å². The lowest BCUT2D eigenvalue weighted by molar-refractivity contribution is 0.393. The Bertz CT molecular complexity index is 667. The van der Waals surface area contributed by atoms with E-state index in [1.165, 1.54) is 7.11 Å². The highest BCUT2D eigenvalue weighted by molar-refractivity contribution is 7.85. The van der Waals surface area contributed by atoms with E-state index in [1.807, 2.05) is 24.3 Å². The van der Waals surface area contributed by atoms with Crippen molar-refractivity contribution in [1.82, 2.24) is 10.2 Å². The Labute approximate surface area is 136 Å². The van der Waals surface area contributed by atoms with Crippen LogP contribution in [0, 0.1) is 0 Å². The normalized spacial score (nSPS) is 11.8. The number of halogens is 1. The van der Waals surface area contributed by atoms with Crippen LogP contribution in [-0.4, -0.2) is 34.9 Å². The Hall–Kier alpha value is -1.86. The molecule has 0 amide bonds. The van der Waals surface area contributed by atoms with Crippen LogP contribution in [0.4, 0.5) is 5.69 Å². The molecule has 1 unspecified atom stereocenters. The van der Waals surface area contributed by atoms with Gasteiger partial charge in [-0.2, -0.15) is 0 Å². The molecule has 8 heteroatoms. The maximum Gasteiger partial charge on any atom is 0.258 e. The lowest BCUT2D eigenvalue weighted by Gasteiger charge is -2.22. The summed E-state index contributed by atoms with van der Waals surface area (Å²) >= 11 is 5.89. The van der Waals surface area contributed by atoms with Crippen LogP contribution in [-0.2, 0) is 17.5 Å². The number of rotatable bonds is 6. The number of hydrogen-bond acceptors (Lipinski definition) is 5. The van der Waals surface area contributed by atoms with Crippen LogP contribution in [0.25, 0.3) is 0 Å².